The summed E-state index contributed by atoms with van der Waals surface area (Å²) in [4.78, 5) is 27.0. The lowest BCUT2D eigenvalue weighted by Crippen LogP contribution is -2.51. The van der Waals surface area contributed by atoms with Gasteiger partial charge in [-0.1, -0.05) is 11.6 Å². The first-order valence-corrected chi connectivity index (χ1v) is 10.0. The van der Waals surface area contributed by atoms with Crippen molar-refractivity contribution in [1.82, 2.24) is 4.90 Å². The summed E-state index contributed by atoms with van der Waals surface area (Å²) in [6.45, 7) is 7.01. The van der Waals surface area contributed by atoms with Crippen molar-refractivity contribution < 1.29 is 23.8 Å². The van der Waals surface area contributed by atoms with Gasteiger partial charge in [-0.05, 0) is 40.0 Å². The molecule has 3 rings (SSSR count). The van der Waals surface area contributed by atoms with E-state index in [0.29, 0.717) is 48.4 Å². The van der Waals surface area contributed by atoms with Crippen molar-refractivity contribution in [2.24, 2.45) is 0 Å². The average Bonchev–Trinajstić information content (AvgIpc) is 2.85. The fraction of sp³-hybridized carbons (Fsp3) is 0.600. The number of likely N-dealkylation sites (tertiary alicyclic amines) is 1. The number of fused-ring (bicyclic) bond motifs is 1. The molecular formula is C20H27ClN2O5. The van der Waals surface area contributed by atoms with Crippen LogP contribution in [-0.4, -0.2) is 48.3 Å². The number of rotatable bonds is 2. The Morgan fingerprint density at radius 1 is 1.14 bits per heavy atom. The van der Waals surface area contributed by atoms with Crippen LogP contribution in [0.3, 0.4) is 0 Å². The van der Waals surface area contributed by atoms with Gasteiger partial charge < -0.3 is 19.5 Å². The van der Waals surface area contributed by atoms with Crippen LogP contribution in [0.5, 0.6) is 11.5 Å². The molecule has 28 heavy (non-hydrogen) atoms. The molecule has 1 atom stereocenters. The quantitative estimate of drug-likeness (QED) is 0.789. The highest BCUT2D eigenvalue weighted by atomic mass is 35.5. The predicted molar refractivity (Wildman–Crippen MR) is 106 cm³/mol. The van der Waals surface area contributed by atoms with E-state index in [1.165, 1.54) is 4.90 Å². The molecule has 7 nitrogen and oxygen atoms in total. The minimum absolute atomic E-state index is 0.290. The Balaban J connectivity index is 1.75. The highest BCUT2D eigenvalue weighted by Crippen LogP contribution is 2.38. The lowest BCUT2D eigenvalue weighted by molar-refractivity contribution is -0.122. The minimum atomic E-state index is -0.618. The number of nitrogens with one attached hydrogen (secondary N) is 1. The number of carbonyl (C=O) groups is 2. The van der Waals surface area contributed by atoms with E-state index >= 15 is 0 Å². The van der Waals surface area contributed by atoms with Gasteiger partial charge in [0.25, 0.3) is 0 Å². The van der Waals surface area contributed by atoms with Crippen LogP contribution in [-0.2, 0) is 9.53 Å². The zero-order valence-electron chi connectivity index (χ0n) is 16.5. The van der Waals surface area contributed by atoms with Gasteiger partial charge in [-0.25, -0.2) is 4.79 Å². The summed E-state index contributed by atoms with van der Waals surface area (Å²) in [5, 5.41) is 3.20. The summed E-state index contributed by atoms with van der Waals surface area (Å²) < 4.78 is 16.7. The normalized spacial score (nSPS) is 19.6. The summed E-state index contributed by atoms with van der Waals surface area (Å²) in [6.07, 6.45) is 2.59. The molecule has 2 aliphatic heterocycles. The Kier molecular flexibility index (Phi) is 6.23. The standard InChI is InChI=1S/C20H27ClN2O5/c1-20(2,3)28-19(25)23-8-5-4-7-15(23)18(24)22-14-12-17-16(11-13(14)21)26-9-6-10-27-17/h11-12,15H,4-10H2,1-3H3,(H,22,24). The molecule has 1 unspecified atom stereocenters. The Hall–Kier alpha value is -2.15. The maximum Gasteiger partial charge on any atom is 0.410 e. The topological polar surface area (TPSA) is 77.1 Å². The van der Waals surface area contributed by atoms with E-state index < -0.39 is 17.7 Å². The maximum atomic E-state index is 12.9. The number of anilines is 1. The van der Waals surface area contributed by atoms with Crippen molar-refractivity contribution >= 4 is 29.3 Å². The van der Waals surface area contributed by atoms with Gasteiger partial charge >= 0.3 is 6.09 Å². The molecular weight excluding hydrogens is 384 g/mol. The number of hydrogen-bond donors (Lipinski definition) is 1. The van der Waals surface area contributed by atoms with Crippen molar-refractivity contribution in [1.29, 1.82) is 0 Å². The van der Waals surface area contributed by atoms with Crippen LogP contribution in [0.25, 0.3) is 0 Å². The molecule has 154 valence electrons. The molecule has 0 aromatic heterocycles. The van der Waals surface area contributed by atoms with Crippen LogP contribution < -0.4 is 14.8 Å². The number of benzene rings is 1. The highest BCUT2D eigenvalue weighted by molar-refractivity contribution is 6.34. The molecule has 2 aliphatic rings. The fourth-order valence-corrected chi connectivity index (χ4v) is 3.44. The number of ether oxygens (including phenoxy) is 3. The van der Waals surface area contributed by atoms with Gasteiger partial charge in [0.15, 0.2) is 11.5 Å². The van der Waals surface area contributed by atoms with Crippen molar-refractivity contribution in [2.75, 3.05) is 25.1 Å². The number of hydrogen-bond acceptors (Lipinski definition) is 5. The largest absolute Gasteiger partial charge is 0.490 e. The predicted octanol–water partition coefficient (Wildman–Crippen LogP) is 4.23. The second kappa shape index (κ2) is 8.47. The molecule has 1 aromatic rings. The Bertz CT molecular complexity index is 747. The third kappa shape index (κ3) is 5.01. The molecule has 1 saturated heterocycles. The highest BCUT2D eigenvalue weighted by Gasteiger charge is 2.35. The lowest BCUT2D eigenvalue weighted by atomic mass is 10.0. The van der Waals surface area contributed by atoms with Gasteiger partial charge in [0, 0.05) is 25.1 Å². The monoisotopic (exact) mass is 410 g/mol. The van der Waals surface area contributed by atoms with Gasteiger partial charge in [-0.2, -0.15) is 0 Å². The molecule has 0 radical (unpaired) electrons. The second-order valence-electron chi connectivity index (χ2n) is 8.00. The molecule has 1 N–H and O–H groups in total. The van der Waals surface area contributed by atoms with E-state index in [9.17, 15) is 9.59 Å². The fourth-order valence-electron chi connectivity index (χ4n) is 3.24. The Morgan fingerprint density at radius 2 is 1.82 bits per heavy atom. The average molecular weight is 411 g/mol. The van der Waals surface area contributed by atoms with Crippen LogP contribution in [0.15, 0.2) is 12.1 Å². The summed E-state index contributed by atoms with van der Waals surface area (Å²) in [5.74, 6) is 0.820. The first kappa shape index (κ1) is 20.6. The Morgan fingerprint density at radius 3 is 2.50 bits per heavy atom. The molecule has 1 aromatic carbocycles. The number of nitrogens with zero attached hydrogens (tertiary/aromatic N) is 1. The summed E-state index contributed by atoms with van der Waals surface area (Å²) in [6, 6.07) is 2.71. The lowest BCUT2D eigenvalue weighted by Gasteiger charge is -2.35. The van der Waals surface area contributed by atoms with Gasteiger partial charge in [-0.15, -0.1) is 0 Å². The second-order valence-corrected chi connectivity index (χ2v) is 8.41. The summed E-state index contributed by atoms with van der Waals surface area (Å²) in [5.41, 5.74) is -0.182. The van der Waals surface area contributed by atoms with Crippen LogP contribution in [0.1, 0.15) is 46.5 Å². The van der Waals surface area contributed by atoms with E-state index in [1.807, 2.05) is 0 Å². The molecule has 1 fully saturated rings. The van der Waals surface area contributed by atoms with Gasteiger partial charge in [0.1, 0.15) is 11.6 Å². The summed E-state index contributed by atoms with van der Waals surface area (Å²) in [7, 11) is 0. The molecule has 8 heteroatoms. The van der Waals surface area contributed by atoms with Crippen LogP contribution in [0.2, 0.25) is 5.02 Å². The molecule has 0 bridgehead atoms. The van der Waals surface area contributed by atoms with Crippen LogP contribution >= 0.6 is 11.6 Å². The molecule has 0 spiro atoms. The van der Waals surface area contributed by atoms with E-state index in [1.54, 1.807) is 32.9 Å². The van der Waals surface area contributed by atoms with Crippen LogP contribution in [0, 0.1) is 0 Å². The van der Waals surface area contributed by atoms with Crippen molar-refractivity contribution in [2.45, 2.75) is 58.1 Å². The van der Waals surface area contributed by atoms with E-state index in [0.717, 1.165) is 19.3 Å². The van der Waals surface area contributed by atoms with Crippen LogP contribution in [0.4, 0.5) is 10.5 Å². The van der Waals surface area contributed by atoms with E-state index in [4.69, 9.17) is 25.8 Å². The summed E-state index contributed by atoms with van der Waals surface area (Å²) >= 11 is 6.33. The van der Waals surface area contributed by atoms with Gasteiger partial charge in [0.05, 0.1) is 23.9 Å². The zero-order chi connectivity index (χ0) is 20.3. The maximum absolute atomic E-state index is 12.9. The molecule has 2 heterocycles. The van der Waals surface area contributed by atoms with Gasteiger partial charge in [-0.3, -0.25) is 9.69 Å². The van der Waals surface area contributed by atoms with Crippen molar-refractivity contribution in [3.8, 4) is 11.5 Å². The zero-order valence-corrected chi connectivity index (χ0v) is 17.3. The number of piperidine rings is 1. The molecule has 0 aliphatic carbocycles. The SMILES string of the molecule is CC(C)(C)OC(=O)N1CCCCC1C(=O)Nc1cc2c(cc1Cl)OCCCO2. The van der Waals surface area contributed by atoms with E-state index in [2.05, 4.69) is 5.32 Å². The minimum Gasteiger partial charge on any atom is -0.490 e. The smallest absolute Gasteiger partial charge is 0.410 e. The third-order valence-electron chi connectivity index (χ3n) is 4.53. The van der Waals surface area contributed by atoms with E-state index in [-0.39, 0.29) is 5.91 Å². The van der Waals surface area contributed by atoms with Gasteiger partial charge in [0.2, 0.25) is 5.91 Å². The first-order chi connectivity index (χ1) is 13.2. The number of carbonyl (C=O) groups excluding carboxylic acids is 2. The number of amides is 2. The molecule has 2 amide bonds. The Labute approximate surface area is 170 Å². The van der Waals surface area contributed by atoms with Crippen molar-refractivity contribution in [3.05, 3.63) is 17.2 Å². The van der Waals surface area contributed by atoms with Crippen molar-refractivity contribution in [3.63, 3.8) is 0 Å². The first-order valence-electron chi connectivity index (χ1n) is 9.64. The number of halogens is 1. The molecule has 0 saturated carbocycles. The third-order valence-corrected chi connectivity index (χ3v) is 4.84.